The van der Waals surface area contributed by atoms with Crippen molar-refractivity contribution in [2.45, 2.75) is 37.7 Å². The van der Waals surface area contributed by atoms with Gasteiger partial charge in [0.25, 0.3) is 0 Å². The van der Waals surface area contributed by atoms with Crippen molar-refractivity contribution in [3.63, 3.8) is 0 Å². The minimum atomic E-state index is 0.185. The Bertz CT molecular complexity index is 265. The van der Waals surface area contributed by atoms with E-state index in [1.54, 1.807) is 11.8 Å². The molecule has 1 atom stereocenters. The largest absolute Gasteiger partial charge is 0.395 e. The maximum atomic E-state index is 8.82. The molecule has 1 N–H and O–H groups in total. The van der Waals surface area contributed by atoms with Gasteiger partial charge in [-0.15, -0.1) is 11.8 Å². The van der Waals surface area contributed by atoms with Crippen molar-refractivity contribution in [3.8, 4) is 0 Å². The molecule has 1 unspecified atom stereocenters. The first-order chi connectivity index (χ1) is 6.76. The maximum absolute atomic E-state index is 8.82. The summed E-state index contributed by atoms with van der Waals surface area (Å²) in [6, 6.07) is 0. The molecule has 1 aromatic rings. The van der Waals surface area contributed by atoms with Gasteiger partial charge in [-0.2, -0.15) is 4.98 Å². The van der Waals surface area contributed by atoms with E-state index in [0.717, 1.165) is 18.7 Å². The smallest absolute Gasteiger partial charge is 0.226 e. The van der Waals surface area contributed by atoms with Crippen molar-refractivity contribution in [1.29, 1.82) is 0 Å². The van der Waals surface area contributed by atoms with Gasteiger partial charge in [0.05, 0.1) is 12.4 Å². The van der Waals surface area contributed by atoms with Crippen LogP contribution in [0.25, 0.3) is 0 Å². The minimum absolute atomic E-state index is 0.185. The first-order valence-electron chi connectivity index (χ1n) is 4.80. The van der Waals surface area contributed by atoms with Crippen LogP contribution in [0.4, 0.5) is 0 Å². The lowest BCUT2D eigenvalue weighted by molar-refractivity contribution is 0.300. The Morgan fingerprint density at radius 2 is 2.36 bits per heavy atom. The summed E-state index contributed by atoms with van der Waals surface area (Å²) < 4.78 is 5.03. The summed E-state index contributed by atoms with van der Waals surface area (Å²) in [5.41, 5.74) is 0. The molecule has 0 fully saturated rings. The molecule has 4 nitrogen and oxygen atoms in total. The lowest BCUT2D eigenvalue weighted by Gasteiger charge is -2.03. The molecule has 14 heavy (non-hydrogen) atoms. The minimum Gasteiger partial charge on any atom is -0.395 e. The van der Waals surface area contributed by atoms with E-state index in [1.807, 2.05) is 6.92 Å². The third-order valence-electron chi connectivity index (χ3n) is 1.73. The quantitative estimate of drug-likeness (QED) is 0.783. The second-order valence-electron chi connectivity index (χ2n) is 3.16. The second kappa shape index (κ2) is 6.03. The monoisotopic (exact) mass is 216 g/mol. The van der Waals surface area contributed by atoms with E-state index in [4.69, 9.17) is 9.63 Å². The molecule has 0 radical (unpaired) electrons. The van der Waals surface area contributed by atoms with Crippen LogP contribution < -0.4 is 0 Å². The second-order valence-corrected chi connectivity index (χ2v) is 4.59. The fourth-order valence-corrected chi connectivity index (χ4v) is 1.59. The summed E-state index contributed by atoms with van der Waals surface area (Å²) in [7, 11) is 0. The predicted octanol–water partition coefficient (Wildman–Crippen LogP) is 1.64. The molecule has 1 rings (SSSR count). The van der Waals surface area contributed by atoms with Gasteiger partial charge in [0.1, 0.15) is 0 Å². The Kier molecular flexibility index (Phi) is 4.97. The van der Waals surface area contributed by atoms with Crippen molar-refractivity contribution >= 4 is 11.8 Å². The van der Waals surface area contributed by atoms with Gasteiger partial charge in [-0.05, 0) is 6.42 Å². The van der Waals surface area contributed by atoms with E-state index in [0.29, 0.717) is 11.6 Å². The van der Waals surface area contributed by atoms with Gasteiger partial charge in [-0.1, -0.05) is 19.0 Å². The number of hydrogen-bond donors (Lipinski definition) is 1. The van der Waals surface area contributed by atoms with Crippen LogP contribution in [0.2, 0.25) is 0 Å². The van der Waals surface area contributed by atoms with Gasteiger partial charge >= 0.3 is 0 Å². The van der Waals surface area contributed by atoms with Gasteiger partial charge in [0.15, 0.2) is 5.82 Å². The van der Waals surface area contributed by atoms with E-state index in [1.165, 1.54) is 0 Å². The van der Waals surface area contributed by atoms with Crippen LogP contribution >= 0.6 is 11.8 Å². The van der Waals surface area contributed by atoms with Crippen LogP contribution in [0.15, 0.2) is 4.52 Å². The highest BCUT2D eigenvalue weighted by Gasteiger charge is 2.07. The van der Waals surface area contributed by atoms with Gasteiger partial charge in [0, 0.05) is 11.7 Å². The van der Waals surface area contributed by atoms with E-state index >= 15 is 0 Å². The lowest BCUT2D eigenvalue weighted by Crippen LogP contribution is -2.02. The highest BCUT2D eigenvalue weighted by molar-refractivity contribution is 7.99. The number of thioether (sulfide) groups is 1. The molecular formula is C9H16N2O2S. The standard InChI is InChI=1S/C9H16N2O2S/c1-3-4-9-10-8(11-13-9)6-14-7(2)5-12/h7,12H,3-6H2,1-2H3. The Hall–Kier alpha value is -0.550. The molecule has 1 heterocycles. The topological polar surface area (TPSA) is 59.2 Å². The van der Waals surface area contributed by atoms with Gasteiger partial charge < -0.3 is 9.63 Å². The van der Waals surface area contributed by atoms with Crippen molar-refractivity contribution < 1.29 is 9.63 Å². The molecule has 0 saturated heterocycles. The number of aliphatic hydroxyl groups excluding tert-OH is 1. The van der Waals surface area contributed by atoms with Crippen LogP contribution in [0.3, 0.4) is 0 Å². The molecule has 0 amide bonds. The molecule has 0 aliphatic carbocycles. The summed E-state index contributed by atoms with van der Waals surface area (Å²) >= 11 is 1.63. The molecular weight excluding hydrogens is 200 g/mol. The van der Waals surface area contributed by atoms with E-state index in [-0.39, 0.29) is 11.9 Å². The molecule has 1 aromatic heterocycles. The first-order valence-corrected chi connectivity index (χ1v) is 5.85. The van der Waals surface area contributed by atoms with Crippen molar-refractivity contribution in [2.75, 3.05) is 6.61 Å². The summed E-state index contributed by atoms with van der Waals surface area (Å²) in [4.78, 5) is 4.23. The van der Waals surface area contributed by atoms with Crippen molar-refractivity contribution in [1.82, 2.24) is 10.1 Å². The number of aromatic nitrogens is 2. The van der Waals surface area contributed by atoms with Crippen LogP contribution in [0.1, 0.15) is 32.0 Å². The Morgan fingerprint density at radius 3 is 3.00 bits per heavy atom. The van der Waals surface area contributed by atoms with E-state index in [9.17, 15) is 0 Å². The number of rotatable bonds is 6. The van der Waals surface area contributed by atoms with Crippen LogP contribution in [-0.4, -0.2) is 27.1 Å². The fraction of sp³-hybridized carbons (Fsp3) is 0.778. The zero-order chi connectivity index (χ0) is 10.4. The summed E-state index contributed by atoms with van der Waals surface area (Å²) in [5.74, 6) is 2.13. The summed E-state index contributed by atoms with van der Waals surface area (Å²) in [6.45, 7) is 4.23. The number of aliphatic hydroxyl groups is 1. The summed E-state index contributed by atoms with van der Waals surface area (Å²) in [6.07, 6.45) is 1.86. The zero-order valence-corrected chi connectivity index (χ0v) is 9.38. The lowest BCUT2D eigenvalue weighted by atomic mass is 10.3. The van der Waals surface area contributed by atoms with Gasteiger partial charge in [0.2, 0.25) is 5.89 Å². The van der Waals surface area contributed by atoms with Crippen LogP contribution in [-0.2, 0) is 12.2 Å². The number of aryl methyl sites for hydroxylation is 1. The molecule has 0 saturated carbocycles. The van der Waals surface area contributed by atoms with Crippen LogP contribution in [0.5, 0.6) is 0 Å². The highest BCUT2D eigenvalue weighted by Crippen LogP contribution is 2.15. The average Bonchev–Trinajstić information content (AvgIpc) is 2.63. The molecule has 0 aliphatic heterocycles. The first kappa shape index (κ1) is 11.5. The SMILES string of the molecule is CCCc1nc(CSC(C)CO)no1. The average molecular weight is 216 g/mol. The Labute approximate surface area is 88.1 Å². The zero-order valence-electron chi connectivity index (χ0n) is 8.56. The molecule has 0 aromatic carbocycles. The molecule has 0 bridgehead atoms. The van der Waals surface area contributed by atoms with Crippen molar-refractivity contribution in [2.24, 2.45) is 0 Å². The number of nitrogens with zero attached hydrogens (tertiary/aromatic N) is 2. The molecule has 0 aliphatic rings. The Morgan fingerprint density at radius 1 is 1.57 bits per heavy atom. The molecule has 0 spiro atoms. The number of hydrogen-bond acceptors (Lipinski definition) is 5. The predicted molar refractivity (Wildman–Crippen MR) is 56.1 cm³/mol. The van der Waals surface area contributed by atoms with Crippen LogP contribution in [0, 0.1) is 0 Å². The third kappa shape index (κ3) is 3.67. The Balaban J connectivity index is 2.35. The van der Waals surface area contributed by atoms with E-state index in [2.05, 4.69) is 17.1 Å². The van der Waals surface area contributed by atoms with Gasteiger partial charge in [-0.25, -0.2) is 0 Å². The van der Waals surface area contributed by atoms with E-state index < -0.39 is 0 Å². The normalized spacial score (nSPS) is 13.1. The fourth-order valence-electron chi connectivity index (χ4n) is 0.934. The maximum Gasteiger partial charge on any atom is 0.226 e. The molecule has 80 valence electrons. The third-order valence-corrected chi connectivity index (χ3v) is 2.87. The highest BCUT2D eigenvalue weighted by atomic mass is 32.2. The summed E-state index contributed by atoms with van der Waals surface area (Å²) in [5, 5.41) is 12.9. The van der Waals surface area contributed by atoms with Crippen molar-refractivity contribution in [3.05, 3.63) is 11.7 Å². The molecule has 5 heteroatoms. The van der Waals surface area contributed by atoms with Gasteiger partial charge in [-0.3, -0.25) is 0 Å².